The normalized spacial score (nSPS) is 21.0. The summed E-state index contributed by atoms with van der Waals surface area (Å²) in [6.45, 7) is 0.876. The van der Waals surface area contributed by atoms with E-state index >= 15 is 0 Å². The number of thioether (sulfide) groups is 1. The molecule has 0 aromatic heterocycles. The van der Waals surface area contributed by atoms with Gasteiger partial charge in [0.05, 0.1) is 11.8 Å². The first-order valence-electron chi connectivity index (χ1n) is 5.45. The molecule has 1 saturated heterocycles. The third kappa shape index (κ3) is 3.29. The lowest BCUT2D eigenvalue weighted by molar-refractivity contribution is -0.0415. The molecular formula is C12H15NO3S. The van der Waals surface area contributed by atoms with Gasteiger partial charge in [-0.25, -0.2) is 0 Å². The van der Waals surface area contributed by atoms with Crippen LogP contribution >= 0.6 is 11.8 Å². The number of aliphatic hydroxyl groups is 2. The minimum atomic E-state index is -1.31. The zero-order chi connectivity index (χ0) is 12.3. The van der Waals surface area contributed by atoms with Gasteiger partial charge in [-0.15, -0.1) is 11.8 Å². The average molecular weight is 253 g/mol. The van der Waals surface area contributed by atoms with Crippen molar-refractivity contribution in [2.24, 2.45) is 0 Å². The predicted octanol–water partition coefficient (Wildman–Crippen LogP) is 0.555. The number of ketones is 1. The Balaban J connectivity index is 1.89. The Bertz CT molecular complexity index is 383. The van der Waals surface area contributed by atoms with Gasteiger partial charge in [0.1, 0.15) is 0 Å². The molecule has 2 rings (SSSR count). The van der Waals surface area contributed by atoms with Crippen molar-refractivity contribution in [1.82, 2.24) is 4.90 Å². The molecule has 1 atom stereocenters. The molecule has 1 fully saturated rings. The summed E-state index contributed by atoms with van der Waals surface area (Å²) in [6.07, 6.45) is -1.31. The van der Waals surface area contributed by atoms with E-state index in [0.29, 0.717) is 24.5 Å². The van der Waals surface area contributed by atoms with Crippen LogP contribution in [0.15, 0.2) is 30.3 Å². The lowest BCUT2D eigenvalue weighted by Gasteiger charge is -2.14. The Morgan fingerprint density at radius 3 is 2.71 bits per heavy atom. The predicted molar refractivity (Wildman–Crippen MR) is 66.8 cm³/mol. The second-order valence-corrected chi connectivity index (χ2v) is 5.25. The van der Waals surface area contributed by atoms with E-state index < -0.39 is 6.29 Å². The maximum atomic E-state index is 11.9. The van der Waals surface area contributed by atoms with Crippen LogP contribution in [-0.2, 0) is 0 Å². The monoisotopic (exact) mass is 253 g/mol. The summed E-state index contributed by atoms with van der Waals surface area (Å²) in [6, 6.07) is 9.15. The van der Waals surface area contributed by atoms with E-state index in [9.17, 15) is 4.79 Å². The minimum Gasteiger partial charge on any atom is -0.367 e. The highest BCUT2D eigenvalue weighted by molar-refractivity contribution is 8.00. The van der Waals surface area contributed by atoms with Crippen LogP contribution in [0.4, 0.5) is 0 Å². The third-order valence-electron chi connectivity index (χ3n) is 2.70. The molecule has 1 unspecified atom stereocenters. The Labute approximate surface area is 104 Å². The summed E-state index contributed by atoms with van der Waals surface area (Å²) in [5, 5.41) is 17.9. The second kappa shape index (κ2) is 5.64. The molecule has 4 nitrogen and oxygen atoms in total. The van der Waals surface area contributed by atoms with E-state index in [-0.39, 0.29) is 11.0 Å². The van der Waals surface area contributed by atoms with Gasteiger partial charge < -0.3 is 10.2 Å². The Hall–Kier alpha value is -0.880. The molecule has 2 N–H and O–H groups in total. The highest BCUT2D eigenvalue weighted by Gasteiger charge is 2.28. The van der Waals surface area contributed by atoms with Crippen molar-refractivity contribution in [3.63, 3.8) is 0 Å². The highest BCUT2D eigenvalue weighted by Crippen LogP contribution is 2.24. The molecule has 1 aromatic carbocycles. The van der Waals surface area contributed by atoms with Crippen molar-refractivity contribution in [2.75, 3.05) is 19.0 Å². The number of hydrogen-bond donors (Lipinski definition) is 2. The molecule has 1 heterocycles. The molecule has 5 heteroatoms. The van der Waals surface area contributed by atoms with Crippen LogP contribution in [0, 0.1) is 0 Å². The van der Waals surface area contributed by atoms with Crippen LogP contribution in [0.5, 0.6) is 0 Å². The van der Waals surface area contributed by atoms with Crippen LogP contribution in [0.1, 0.15) is 10.4 Å². The maximum absolute atomic E-state index is 11.9. The first-order valence-corrected chi connectivity index (χ1v) is 6.50. The van der Waals surface area contributed by atoms with Gasteiger partial charge in [-0.1, -0.05) is 30.3 Å². The van der Waals surface area contributed by atoms with Crippen LogP contribution in [0.2, 0.25) is 0 Å². The fourth-order valence-electron chi connectivity index (χ4n) is 1.77. The highest BCUT2D eigenvalue weighted by atomic mass is 32.2. The zero-order valence-electron chi connectivity index (χ0n) is 9.32. The zero-order valence-corrected chi connectivity index (χ0v) is 10.1. The Kier molecular flexibility index (Phi) is 4.17. The van der Waals surface area contributed by atoms with Crippen molar-refractivity contribution in [3.8, 4) is 0 Å². The number of Topliss-reactive ketones (excluding diaryl/α,β-unsaturated/α-hetero) is 1. The molecule has 0 spiro atoms. The molecule has 0 aliphatic carbocycles. The van der Waals surface area contributed by atoms with E-state index in [0.717, 1.165) is 0 Å². The summed E-state index contributed by atoms with van der Waals surface area (Å²) in [7, 11) is 0. The SMILES string of the molecule is O=C(CN1CSC(C(O)O)C1)c1ccccc1. The summed E-state index contributed by atoms with van der Waals surface area (Å²) in [4.78, 5) is 13.8. The van der Waals surface area contributed by atoms with Gasteiger partial charge in [0.2, 0.25) is 0 Å². The third-order valence-corrected chi connectivity index (χ3v) is 4.04. The molecule has 92 valence electrons. The van der Waals surface area contributed by atoms with Crippen molar-refractivity contribution >= 4 is 17.5 Å². The number of carbonyl (C=O) groups excluding carboxylic acids is 1. The largest absolute Gasteiger partial charge is 0.367 e. The molecule has 1 aliphatic rings. The van der Waals surface area contributed by atoms with Crippen LogP contribution < -0.4 is 0 Å². The second-order valence-electron chi connectivity index (χ2n) is 4.05. The number of aliphatic hydroxyl groups excluding tert-OH is 1. The Morgan fingerprint density at radius 1 is 1.41 bits per heavy atom. The standard InChI is InChI=1S/C12H15NO3S/c14-10(9-4-2-1-3-5-9)6-13-7-11(12(15)16)17-8-13/h1-5,11-12,15-16H,6-8H2. The van der Waals surface area contributed by atoms with Gasteiger partial charge in [-0.3, -0.25) is 9.69 Å². The van der Waals surface area contributed by atoms with E-state index in [2.05, 4.69) is 0 Å². The lowest BCUT2D eigenvalue weighted by atomic mass is 10.1. The van der Waals surface area contributed by atoms with E-state index in [1.165, 1.54) is 11.8 Å². The molecule has 0 bridgehead atoms. The first kappa shape index (κ1) is 12.6. The van der Waals surface area contributed by atoms with Crippen molar-refractivity contribution < 1.29 is 15.0 Å². The van der Waals surface area contributed by atoms with Crippen molar-refractivity contribution in [3.05, 3.63) is 35.9 Å². The van der Waals surface area contributed by atoms with Crippen molar-refractivity contribution in [1.29, 1.82) is 0 Å². The summed E-state index contributed by atoms with van der Waals surface area (Å²) >= 11 is 1.47. The van der Waals surface area contributed by atoms with Crippen LogP contribution in [0.25, 0.3) is 0 Å². The molecule has 0 amide bonds. The topological polar surface area (TPSA) is 60.8 Å². The van der Waals surface area contributed by atoms with E-state index in [1.807, 2.05) is 23.1 Å². The average Bonchev–Trinajstić information content (AvgIpc) is 2.79. The lowest BCUT2D eigenvalue weighted by Crippen LogP contribution is -2.32. The van der Waals surface area contributed by atoms with Crippen LogP contribution in [-0.4, -0.2) is 51.4 Å². The van der Waals surface area contributed by atoms with Gasteiger partial charge in [-0.05, 0) is 0 Å². The fraction of sp³-hybridized carbons (Fsp3) is 0.417. The van der Waals surface area contributed by atoms with Gasteiger partial charge >= 0.3 is 0 Å². The minimum absolute atomic E-state index is 0.0688. The summed E-state index contributed by atoms with van der Waals surface area (Å²) in [5.74, 6) is 0.736. The molecule has 0 radical (unpaired) electrons. The molecule has 1 aliphatic heterocycles. The van der Waals surface area contributed by atoms with Gasteiger partial charge in [-0.2, -0.15) is 0 Å². The fourth-order valence-corrected chi connectivity index (χ4v) is 2.86. The number of benzene rings is 1. The quantitative estimate of drug-likeness (QED) is 0.606. The number of carbonyl (C=O) groups is 1. The Morgan fingerprint density at radius 2 is 2.12 bits per heavy atom. The number of nitrogens with zero attached hydrogens (tertiary/aromatic N) is 1. The molecule has 1 aromatic rings. The summed E-state index contributed by atoms with van der Waals surface area (Å²) in [5.41, 5.74) is 0.700. The number of rotatable bonds is 4. The van der Waals surface area contributed by atoms with E-state index in [1.54, 1.807) is 12.1 Å². The molecule has 0 saturated carbocycles. The van der Waals surface area contributed by atoms with Gasteiger partial charge in [0, 0.05) is 18.0 Å². The van der Waals surface area contributed by atoms with E-state index in [4.69, 9.17) is 10.2 Å². The maximum Gasteiger partial charge on any atom is 0.176 e. The van der Waals surface area contributed by atoms with Gasteiger partial charge in [0.25, 0.3) is 0 Å². The molecular weight excluding hydrogens is 238 g/mol. The number of hydrogen-bond acceptors (Lipinski definition) is 5. The van der Waals surface area contributed by atoms with Crippen molar-refractivity contribution in [2.45, 2.75) is 11.5 Å². The van der Waals surface area contributed by atoms with Crippen LogP contribution in [0.3, 0.4) is 0 Å². The first-order chi connectivity index (χ1) is 8.16. The molecule has 17 heavy (non-hydrogen) atoms. The smallest absolute Gasteiger partial charge is 0.176 e. The summed E-state index contributed by atoms with van der Waals surface area (Å²) < 4.78 is 0. The van der Waals surface area contributed by atoms with Gasteiger partial charge in [0.15, 0.2) is 12.1 Å².